The number of H-pyrrole nitrogens is 1. The topological polar surface area (TPSA) is 57.8 Å². The van der Waals surface area contributed by atoms with Crippen LogP contribution in [0.1, 0.15) is 45.0 Å². The summed E-state index contributed by atoms with van der Waals surface area (Å²) in [5.74, 6) is 1.91. The lowest BCUT2D eigenvalue weighted by atomic mass is 10.1. The molecule has 1 aromatic carbocycles. The predicted molar refractivity (Wildman–Crippen MR) is 81.7 cm³/mol. The molecule has 0 unspecified atom stereocenters. The first kappa shape index (κ1) is 14.6. The van der Waals surface area contributed by atoms with Gasteiger partial charge in [-0.05, 0) is 23.6 Å². The molecule has 0 saturated heterocycles. The fourth-order valence-corrected chi connectivity index (χ4v) is 2.03. The summed E-state index contributed by atoms with van der Waals surface area (Å²) in [5.41, 5.74) is 2.97. The molecule has 0 atom stereocenters. The lowest BCUT2D eigenvalue weighted by Gasteiger charge is -2.07. The first-order chi connectivity index (χ1) is 9.45. The molecule has 0 aliphatic rings. The molecule has 108 valence electrons. The van der Waals surface area contributed by atoms with Gasteiger partial charge in [0.2, 0.25) is 5.91 Å². The van der Waals surface area contributed by atoms with Gasteiger partial charge in [0.15, 0.2) is 0 Å². The molecule has 0 radical (unpaired) electrons. The third-order valence-corrected chi connectivity index (χ3v) is 3.18. The Bertz CT molecular complexity index is 599. The standard InChI is InChI=1S/C16H23N3O/c1-10(2)9-17-15(20)8-12-5-6-13-14(7-12)19-16(18-13)11(3)4/h5-7,10-11H,8-9H2,1-4H3,(H,17,20)(H,18,19). The first-order valence-corrected chi connectivity index (χ1v) is 7.21. The van der Waals surface area contributed by atoms with Crippen LogP contribution in [0.25, 0.3) is 11.0 Å². The van der Waals surface area contributed by atoms with E-state index < -0.39 is 0 Å². The van der Waals surface area contributed by atoms with Crippen LogP contribution in [0.15, 0.2) is 18.2 Å². The first-order valence-electron chi connectivity index (χ1n) is 7.21. The highest BCUT2D eigenvalue weighted by molar-refractivity contribution is 5.81. The Morgan fingerprint density at radius 2 is 2.05 bits per heavy atom. The van der Waals surface area contributed by atoms with E-state index in [2.05, 4.69) is 43.0 Å². The van der Waals surface area contributed by atoms with Crippen molar-refractivity contribution in [2.75, 3.05) is 6.54 Å². The van der Waals surface area contributed by atoms with Crippen LogP contribution >= 0.6 is 0 Å². The lowest BCUT2D eigenvalue weighted by Crippen LogP contribution is -2.28. The third-order valence-electron chi connectivity index (χ3n) is 3.18. The van der Waals surface area contributed by atoms with E-state index in [9.17, 15) is 4.79 Å². The van der Waals surface area contributed by atoms with Gasteiger partial charge >= 0.3 is 0 Å². The van der Waals surface area contributed by atoms with E-state index in [1.165, 1.54) is 0 Å². The number of aromatic amines is 1. The fourth-order valence-electron chi connectivity index (χ4n) is 2.03. The molecule has 2 rings (SSSR count). The van der Waals surface area contributed by atoms with E-state index in [1.54, 1.807) is 0 Å². The van der Waals surface area contributed by atoms with E-state index in [4.69, 9.17) is 0 Å². The van der Waals surface area contributed by atoms with Gasteiger partial charge < -0.3 is 10.3 Å². The maximum atomic E-state index is 11.8. The number of hydrogen-bond donors (Lipinski definition) is 2. The van der Waals surface area contributed by atoms with Crippen LogP contribution in [0.2, 0.25) is 0 Å². The van der Waals surface area contributed by atoms with Gasteiger partial charge in [0.1, 0.15) is 5.82 Å². The number of aromatic nitrogens is 2. The van der Waals surface area contributed by atoms with Gasteiger partial charge in [0, 0.05) is 12.5 Å². The number of hydrogen-bond acceptors (Lipinski definition) is 2. The highest BCUT2D eigenvalue weighted by Crippen LogP contribution is 2.18. The molecule has 4 nitrogen and oxygen atoms in total. The normalized spacial score (nSPS) is 11.5. The van der Waals surface area contributed by atoms with Crippen molar-refractivity contribution in [2.45, 2.75) is 40.0 Å². The monoisotopic (exact) mass is 273 g/mol. The van der Waals surface area contributed by atoms with Crippen molar-refractivity contribution in [3.8, 4) is 0 Å². The number of amides is 1. The number of nitrogens with zero attached hydrogens (tertiary/aromatic N) is 1. The van der Waals surface area contributed by atoms with E-state index in [0.717, 1.165) is 29.0 Å². The van der Waals surface area contributed by atoms with Crippen LogP contribution in [0.5, 0.6) is 0 Å². The van der Waals surface area contributed by atoms with Crippen molar-refractivity contribution in [3.05, 3.63) is 29.6 Å². The van der Waals surface area contributed by atoms with Crippen molar-refractivity contribution in [2.24, 2.45) is 5.92 Å². The number of carbonyl (C=O) groups is 1. The molecule has 0 bridgehead atoms. The summed E-state index contributed by atoms with van der Waals surface area (Å²) in [5, 5.41) is 2.94. The molecule has 1 aromatic heterocycles. The van der Waals surface area contributed by atoms with Crippen molar-refractivity contribution in [1.82, 2.24) is 15.3 Å². The zero-order valence-corrected chi connectivity index (χ0v) is 12.7. The van der Waals surface area contributed by atoms with Gasteiger partial charge in [-0.1, -0.05) is 33.8 Å². The summed E-state index contributed by atoms with van der Waals surface area (Å²) in [4.78, 5) is 19.7. The quantitative estimate of drug-likeness (QED) is 0.879. The van der Waals surface area contributed by atoms with Gasteiger partial charge in [0.05, 0.1) is 17.5 Å². The number of rotatable bonds is 5. The number of fused-ring (bicyclic) bond motifs is 1. The van der Waals surface area contributed by atoms with Crippen LogP contribution < -0.4 is 5.32 Å². The Morgan fingerprint density at radius 1 is 1.30 bits per heavy atom. The summed E-state index contributed by atoms with van der Waals surface area (Å²) >= 11 is 0. The SMILES string of the molecule is CC(C)CNC(=O)Cc1ccc2nc(C(C)C)[nH]c2c1. The molecule has 0 spiro atoms. The second-order valence-electron chi connectivity index (χ2n) is 6.00. The van der Waals surface area contributed by atoms with E-state index in [0.29, 0.717) is 18.3 Å². The molecule has 0 aliphatic heterocycles. The molecule has 0 fully saturated rings. The summed E-state index contributed by atoms with van der Waals surface area (Å²) in [6, 6.07) is 5.97. The minimum atomic E-state index is 0.0710. The molecular weight excluding hydrogens is 250 g/mol. The smallest absolute Gasteiger partial charge is 0.224 e. The molecule has 1 heterocycles. The van der Waals surface area contributed by atoms with E-state index in [1.807, 2.05) is 18.2 Å². The third kappa shape index (κ3) is 3.59. The number of imidazole rings is 1. The Morgan fingerprint density at radius 3 is 2.70 bits per heavy atom. The van der Waals surface area contributed by atoms with Gasteiger partial charge in [-0.3, -0.25) is 4.79 Å². The minimum absolute atomic E-state index is 0.0710. The molecular formula is C16H23N3O. The predicted octanol–water partition coefficient (Wildman–Crippen LogP) is 3.00. The molecule has 0 aliphatic carbocycles. The molecule has 0 saturated carbocycles. The average Bonchev–Trinajstić information content (AvgIpc) is 2.79. The van der Waals surface area contributed by atoms with Crippen LogP contribution in [-0.4, -0.2) is 22.4 Å². The Labute approximate surface area is 120 Å². The summed E-state index contributed by atoms with van der Waals surface area (Å²) in [6.45, 7) is 9.12. The van der Waals surface area contributed by atoms with Crippen molar-refractivity contribution in [1.29, 1.82) is 0 Å². The maximum absolute atomic E-state index is 11.8. The van der Waals surface area contributed by atoms with Crippen molar-refractivity contribution < 1.29 is 4.79 Å². The molecule has 1 amide bonds. The van der Waals surface area contributed by atoms with E-state index in [-0.39, 0.29) is 5.91 Å². The highest BCUT2D eigenvalue weighted by atomic mass is 16.1. The maximum Gasteiger partial charge on any atom is 0.224 e. The van der Waals surface area contributed by atoms with Crippen LogP contribution in [0, 0.1) is 5.92 Å². The molecule has 4 heteroatoms. The summed E-state index contributed by atoms with van der Waals surface area (Å²) in [7, 11) is 0. The Balaban J connectivity index is 2.09. The zero-order valence-electron chi connectivity index (χ0n) is 12.7. The van der Waals surface area contributed by atoms with Crippen molar-refractivity contribution in [3.63, 3.8) is 0 Å². The summed E-state index contributed by atoms with van der Waals surface area (Å²) < 4.78 is 0. The van der Waals surface area contributed by atoms with Gasteiger partial charge in [0.25, 0.3) is 0 Å². The number of carbonyl (C=O) groups excluding carboxylic acids is 1. The summed E-state index contributed by atoms with van der Waals surface area (Å²) in [6.07, 6.45) is 0.415. The molecule has 2 N–H and O–H groups in total. The lowest BCUT2D eigenvalue weighted by molar-refractivity contribution is -0.120. The van der Waals surface area contributed by atoms with Gasteiger partial charge in [-0.15, -0.1) is 0 Å². The number of nitrogens with one attached hydrogen (secondary N) is 2. The largest absolute Gasteiger partial charge is 0.356 e. The van der Waals surface area contributed by atoms with Crippen molar-refractivity contribution >= 4 is 16.9 Å². The average molecular weight is 273 g/mol. The number of benzene rings is 1. The van der Waals surface area contributed by atoms with E-state index >= 15 is 0 Å². The highest BCUT2D eigenvalue weighted by Gasteiger charge is 2.09. The van der Waals surface area contributed by atoms with Gasteiger partial charge in [-0.2, -0.15) is 0 Å². The van der Waals surface area contributed by atoms with Crippen LogP contribution in [0.4, 0.5) is 0 Å². The van der Waals surface area contributed by atoms with Crippen LogP contribution in [-0.2, 0) is 11.2 Å². The zero-order chi connectivity index (χ0) is 14.7. The molecule has 20 heavy (non-hydrogen) atoms. The molecule has 2 aromatic rings. The minimum Gasteiger partial charge on any atom is -0.356 e. The second kappa shape index (κ2) is 6.07. The fraction of sp³-hybridized carbons (Fsp3) is 0.500. The second-order valence-corrected chi connectivity index (χ2v) is 6.00. The Kier molecular flexibility index (Phi) is 4.42. The van der Waals surface area contributed by atoms with Gasteiger partial charge in [-0.25, -0.2) is 4.98 Å². The van der Waals surface area contributed by atoms with Crippen LogP contribution in [0.3, 0.4) is 0 Å². The Hall–Kier alpha value is -1.84.